The van der Waals surface area contributed by atoms with Crippen molar-refractivity contribution in [3.05, 3.63) is 77.5 Å². The van der Waals surface area contributed by atoms with Crippen molar-refractivity contribution in [2.24, 2.45) is 0 Å². The molecule has 0 bridgehead atoms. The van der Waals surface area contributed by atoms with Gasteiger partial charge in [0, 0.05) is 49.1 Å². The highest BCUT2D eigenvalue weighted by molar-refractivity contribution is 5.94. The van der Waals surface area contributed by atoms with Gasteiger partial charge in [-0.05, 0) is 36.9 Å². The van der Waals surface area contributed by atoms with Gasteiger partial charge >= 0.3 is 6.18 Å². The lowest BCUT2D eigenvalue weighted by atomic mass is 10.0. The van der Waals surface area contributed by atoms with Crippen molar-refractivity contribution in [2.75, 3.05) is 39.0 Å². The number of piperazine rings is 1. The van der Waals surface area contributed by atoms with Crippen LogP contribution in [0.2, 0.25) is 0 Å². The van der Waals surface area contributed by atoms with Crippen molar-refractivity contribution in [1.29, 1.82) is 0 Å². The molecule has 0 radical (unpaired) electrons. The van der Waals surface area contributed by atoms with E-state index in [1.807, 2.05) is 11.9 Å². The minimum atomic E-state index is -4.48. The zero-order valence-corrected chi connectivity index (χ0v) is 18.7. The number of anilines is 1. The highest BCUT2D eigenvalue weighted by atomic mass is 19.4. The highest BCUT2D eigenvalue weighted by Crippen LogP contribution is 2.33. The number of aromatic nitrogens is 1. The van der Waals surface area contributed by atoms with Gasteiger partial charge in [0.05, 0.1) is 5.56 Å². The average Bonchev–Trinajstić information content (AvgIpc) is 2.83. The minimum Gasteiger partial charge on any atom is -0.485 e. The first kappa shape index (κ1) is 23.6. The molecule has 178 valence electrons. The molecule has 0 unspecified atom stereocenters. The molecule has 0 saturated carbocycles. The van der Waals surface area contributed by atoms with E-state index >= 15 is 0 Å². The van der Waals surface area contributed by atoms with Crippen LogP contribution in [0.5, 0.6) is 5.75 Å². The number of pyridine rings is 1. The fourth-order valence-corrected chi connectivity index (χ4v) is 3.80. The molecule has 6 nitrogen and oxygen atoms in total. The van der Waals surface area contributed by atoms with Gasteiger partial charge in [0.15, 0.2) is 11.6 Å². The van der Waals surface area contributed by atoms with Crippen LogP contribution in [-0.2, 0) is 12.8 Å². The van der Waals surface area contributed by atoms with Gasteiger partial charge in [-0.15, -0.1) is 0 Å². The number of hydrogen-bond donors (Lipinski definition) is 1. The summed E-state index contributed by atoms with van der Waals surface area (Å²) in [6.07, 6.45) is -2.92. The maximum absolute atomic E-state index is 13.2. The Balaban J connectivity index is 1.49. The number of rotatable bonds is 5. The Labute approximate surface area is 195 Å². The van der Waals surface area contributed by atoms with Crippen molar-refractivity contribution in [1.82, 2.24) is 14.8 Å². The summed E-state index contributed by atoms with van der Waals surface area (Å²) in [5.74, 6) is 0.254. The number of carbonyl (C=O) groups excluding carboxylic acids is 1. The van der Waals surface area contributed by atoms with E-state index in [2.05, 4.69) is 9.88 Å². The van der Waals surface area contributed by atoms with Crippen molar-refractivity contribution in [2.45, 2.75) is 12.8 Å². The number of nitrogens with zero attached hydrogens (tertiary/aromatic N) is 3. The summed E-state index contributed by atoms with van der Waals surface area (Å²) >= 11 is 0. The van der Waals surface area contributed by atoms with Crippen LogP contribution >= 0.6 is 0 Å². The molecule has 1 aliphatic heterocycles. The molecule has 2 N–H and O–H groups in total. The number of amides is 1. The summed E-state index contributed by atoms with van der Waals surface area (Å²) in [4.78, 5) is 20.9. The molecule has 34 heavy (non-hydrogen) atoms. The zero-order chi connectivity index (χ0) is 24.3. The van der Waals surface area contributed by atoms with Crippen molar-refractivity contribution in [3.63, 3.8) is 0 Å². The molecule has 3 aromatic rings. The van der Waals surface area contributed by atoms with Crippen LogP contribution in [0.25, 0.3) is 11.1 Å². The second kappa shape index (κ2) is 9.72. The Hall–Kier alpha value is -3.59. The third-order valence-corrected chi connectivity index (χ3v) is 5.84. The molecular weight excluding hydrogens is 445 g/mol. The van der Waals surface area contributed by atoms with Gasteiger partial charge in [0.25, 0.3) is 5.91 Å². The number of halogens is 3. The van der Waals surface area contributed by atoms with Gasteiger partial charge in [0.2, 0.25) is 0 Å². The maximum Gasteiger partial charge on any atom is 0.416 e. The molecular formula is C25H25F3N4O2. The van der Waals surface area contributed by atoms with E-state index in [4.69, 9.17) is 10.5 Å². The third kappa shape index (κ3) is 5.31. The van der Waals surface area contributed by atoms with Crippen LogP contribution in [-0.4, -0.2) is 53.9 Å². The lowest BCUT2D eigenvalue weighted by Gasteiger charge is -2.32. The summed E-state index contributed by atoms with van der Waals surface area (Å²) in [5.41, 5.74) is 7.20. The lowest BCUT2D eigenvalue weighted by Crippen LogP contribution is -2.47. The monoisotopic (exact) mass is 470 g/mol. The van der Waals surface area contributed by atoms with Crippen molar-refractivity contribution >= 4 is 11.7 Å². The number of benzene rings is 2. The van der Waals surface area contributed by atoms with Gasteiger partial charge in [-0.2, -0.15) is 13.2 Å². The minimum absolute atomic E-state index is 0.00609. The van der Waals surface area contributed by atoms with Gasteiger partial charge in [-0.25, -0.2) is 4.98 Å². The summed E-state index contributed by atoms with van der Waals surface area (Å²) < 4.78 is 45.3. The second-order valence-electron chi connectivity index (χ2n) is 8.22. The highest BCUT2D eigenvalue weighted by Gasteiger charge is 2.33. The first-order valence-corrected chi connectivity index (χ1v) is 10.8. The summed E-state index contributed by atoms with van der Waals surface area (Å²) in [6, 6.07) is 14.0. The van der Waals surface area contributed by atoms with E-state index in [-0.39, 0.29) is 29.6 Å². The molecule has 0 atom stereocenters. The van der Waals surface area contributed by atoms with Crippen LogP contribution in [0, 0.1) is 0 Å². The fraction of sp³-hybridized carbons (Fsp3) is 0.280. The Morgan fingerprint density at radius 2 is 1.71 bits per heavy atom. The SMILES string of the molecule is CN1CCN(C(=O)c2ccc(-c3cnc(N)c(OCc4ccccc4C(F)(F)F)c3)cc2)CC1. The Kier molecular flexibility index (Phi) is 6.74. The Morgan fingerprint density at radius 3 is 2.38 bits per heavy atom. The molecule has 4 rings (SSSR count). The first-order valence-electron chi connectivity index (χ1n) is 10.8. The third-order valence-electron chi connectivity index (χ3n) is 5.84. The summed E-state index contributed by atoms with van der Waals surface area (Å²) in [5, 5.41) is 0. The lowest BCUT2D eigenvalue weighted by molar-refractivity contribution is -0.138. The quantitative estimate of drug-likeness (QED) is 0.602. The molecule has 2 heterocycles. The van der Waals surface area contributed by atoms with Crippen LogP contribution in [0.4, 0.5) is 19.0 Å². The molecule has 1 saturated heterocycles. The number of hydrogen-bond acceptors (Lipinski definition) is 5. The predicted molar refractivity (Wildman–Crippen MR) is 123 cm³/mol. The fourth-order valence-electron chi connectivity index (χ4n) is 3.80. The largest absolute Gasteiger partial charge is 0.485 e. The van der Waals surface area contributed by atoms with Gasteiger partial charge in [-0.3, -0.25) is 4.79 Å². The van der Waals surface area contributed by atoms with Crippen LogP contribution in [0.15, 0.2) is 60.8 Å². The second-order valence-corrected chi connectivity index (χ2v) is 8.22. The number of ether oxygens (including phenoxy) is 1. The summed E-state index contributed by atoms with van der Waals surface area (Å²) in [6.45, 7) is 2.77. The molecule has 2 aromatic carbocycles. The van der Waals surface area contributed by atoms with E-state index < -0.39 is 11.7 Å². The number of likely N-dealkylation sites (N-methyl/N-ethyl adjacent to an activating group) is 1. The Morgan fingerprint density at radius 1 is 1.03 bits per heavy atom. The average molecular weight is 470 g/mol. The predicted octanol–water partition coefficient (Wildman–Crippen LogP) is 4.32. The zero-order valence-electron chi connectivity index (χ0n) is 18.7. The molecule has 1 aliphatic rings. The Bertz CT molecular complexity index is 1160. The number of nitrogen functional groups attached to an aromatic ring is 1. The van der Waals surface area contributed by atoms with E-state index in [0.29, 0.717) is 24.2 Å². The molecule has 0 spiro atoms. The summed E-state index contributed by atoms with van der Waals surface area (Å²) in [7, 11) is 2.03. The smallest absolute Gasteiger partial charge is 0.416 e. The molecule has 9 heteroatoms. The van der Waals surface area contributed by atoms with Crippen LogP contribution < -0.4 is 10.5 Å². The standard InChI is InChI=1S/C25H25F3N4O2/c1-31-10-12-32(13-11-31)24(33)18-8-6-17(7-9-18)20-14-22(23(29)30-15-20)34-16-19-4-2-3-5-21(19)25(26,27)28/h2-9,14-15H,10-13,16H2,1H3,(H2,29,30). The molecule has 1 aromatic heterocycles. The van der Waals surface area contributed by atoms with Crippen molar-refractivity contribution < 1.29 is 22.7 Å². The van der Waals surface area contributed by atoms with Gasteiger partial charge in [0.1, 0.15) is 6.61 Å². The van der Waals surface area contributed by atoms with Crippen LogP contribution in [0.3, 0.4) is 0 Å². The van der Waals surface area contributed by atoms with Gasteiger partial charge < -0.3 is 20.3 Å². The van der Waals surface area contributed by atoms with Crippen molar-refractivity contribution in [3.8, 4) is 16.9 Å². The number of carbonyl (C=O) groups is 1. The first-order chi connectivity index (χ1) is 16.2. The van der Waals surface area contributed by atoms with Crippen LogP contribution in [0.1, 0.15) is 21.5 Å². The normalized spacial score (nSPS) is 14.8. The van der Waals surface area contributed by atoms with E-state index in [9.17, 15) is 18.0 Å². The molecule has 0 aliphatic carbocycles. The van der Waals surface area contributed by atoms with E-state index in [0.717, 1.165) is 24.7 Å². The number of alkyl halides is 3. The van der Waals surface area contributed by atoms with Gasteiger partial charge in [-0.1, -0.05) is 30.3 Å². The van der Waals surface area contributed by atoms with E-state index in [1.54, 1.807) is 36.5 Å². The maximum atomic E-state index is 13.2. The topological polar surface area (TPSA) is 71.7 Å². The van der Waals surface area contributed by atoms with E-state index in [1.165, 1.54) is 18.2 Å². The molecule has 1 amide bonds. The number of nitrogens with two attached hydrogens (primary N) is 1. The molecule has 1 fully saturated rings.